The molecule has 0 spiro atoms. The van der Waals surface area contributed by atoms with Crippen molar-refractivity contribution in [2.75, 3.05) is 5.73 Å². The molecule has 0 aliphatic carbocycles. The topological polar surface area (TPSA) is 59.1 Å². The fraction of sp³-hybridized carbons (Fsp3) is 0.182. The van der Waals surface area contributed by atoms with Gasteiger partial charge in [-0.2, -0.15) is 0 Å². The van der Waals surface area contributed by atoms with E-state index in [4.69, 9.17) is 5.73 Å². The number of nitrogens with zero attached hydrogens (tertiary/aromatic N) is 1. The van der Waals surface area contributed by atoms with Gasteiger partial charge in [-0.25, -0.2) is 4.39 Å². The number of aromatic nitrogens is 1. The van der Waals surface area contributed by atoms with Crippen LogP contribution in [0.25, 0.3) is 10.9 Å². The lowest BCUT2D eigenvalue weighted by Gasteiger charge is -2.08. The maximum absolute atomic E-state index is 13.4. The number of phenolic OH excluding ortho intramolecular Hbond substituents is 1. The van der Waals surface area contributed by atoms with Gasteiger partial charge in [-0.15, -0.1) is 0 Å². The molecule has 1 aromatic carbocycles. The first-order valence-electron chi connectivity index (χ1n) is 4.69. The molecule has 0 saturated carbocycles. The second kappa shape index (κ2) is 3.38. The summed E-state index contributed by atoms with van der Waals surface area (Å²) in [6, 6.07) is 2.88. The Hall–Kier alpha value is -1.84. The summed E-state index contributed by atoms with van der Waals surface area (Å²) in [5.41, 5.74) is 7.15. The minimum atomic E-state index is -0.359. The summed E-state index contributed by atoms with van der Waals surface area (Å²) in [5.74, 6) is -0.316. The van der Waals surface area contributed by atoms with Crippen molar-refractivity contribution in [3.63, 3.8) is 0 Å². The van der Waals surface area contributed by atoms with E-state index >= 15 is 0 Å². The summed E-state index contributed by atoms with van der Waals surface area (Å²) in [6.45, 7) is 1.85. The number of nitrogens with two attached hydrogens (primary N) is 1. The number of phenols is 1. The zero-order valence-electron chi connectivity index (χ0n) is 8.29. The molecule has 2 aromatic rings. The van der Waals surface area contributed by atoms with Crippen molar-refractivity contribution in [2.24, 2.45) is 0 Å². The standard InChI is InChI=1S/C11H11FN2O/c1-2-7-8(12)5-14-10-4-6(15)3-9(13)11(7)10/h3-5,15H,2,13H2,1H3. The van der Waals surface area contributed by atoms with Crippen LogP contribution in [0.15, 0.2) is 18.3 Å². The highest BCUT2D eigenvalue weighted by Crippen LogP contribution is 2.29. The minimum absolute atomic E-state index is 0.0427. The van der Waals surface area contributed by atoms with Crippen molar-refractivity contribution in [1.82, 2.24) is 4.98 Å². The van der Waals surface area contributed by atoms with Crippen LogP contribution < -0.4 is 5.73 Å². The molecule has 4 heteroatoms. The molecule has 1 heterocycles. The lowest BCUT2D eigenvalue weighted by Crippen LogP contribution is -1.97. The molecule has 0 atom stereocenters. The van der Waals surface area contributed by atoms with Crippen molar-refractivity contribution in [1.29, 1.82) is 0 Å². The molecular weight excluding hydrogens is 195 g/mol. The van der Waals surface area contributed by atoms with Crippen molar-refractivity contribution >= 4 is 16.6 Å². The third-order valence-corrected chi connectivity index (χ3v) is 2.39. The van der Waals surface area contributed by atoms with Gasteiger partial charge in [0.1, 0.15) is 11.6 Å². The molecule has 2 rings (SSSR count). The number of aryl methyl sites for hydroxylation is 1. The molecule has 1 aromatic heterocycles. The zero-order valence-corrected chi connectivity index (χ0v) is 8.29. The number of benzene rings is 1. The molecule has 0 aliphatic heterocycles. The highest BCUT2D eigenvalue weighted by molar-refractivity contribution is 5.94. The van der Waals surface area contributed by atoms with Crippen LogP contribution in [0.2, 0.25) is 0 Å². The van der Waals surface area contributed by atoms with Crippen molar-refractivity contribution in [3.8, 4) is 5.75 Å². The Morgan fingerprint density at radius 3 is 2.87 bits per heavy atom. The Kier molecular flexibility index (Phi) is 2.19. The molecule has 0 radical (unpaired) electrons. The van der Waals surface area contributed by atoms with E-state index in [0.29, 0.717) is 28.6 Å². The molecule has 0 fully saturated rings. The smallest absolute Gasteiger partial charge is 0.145 e. The minimum Gasteiger partial charge on any atom is -0.508 e. The second-order valence-corrected chi connectivity index (χ2v) is 3.37. The van der Waals surface area contributed by atoms with Gasteiger partial charge in [0.15, 0.2) is 0 Å². The fourth-order valence-electron chi connectivity index (χ4n) is 1.73. The largest absolute Gasteiger partial charge is 0.508 e. The molecule has 78 valence electrons. The summed E-state index contributed by atoms with van der Waals surface area (Å²) in [4.78, 5) is 3.90. The number of anilines is 1. The van der Waals surface area contributed by atoms with Crippen LogP contribution in [0.5, 0.6) is 5.75 Å². The number of pyridine rings is 1. The number of hydrogen-bond donors (Lipinski definition) is 2. The van der Waals surface area contributed by atoms with E-state index < -0.39 is 0 Å². The molecule has 0 unspecified atom stereocenters. The van der Waals surface area contributed by atoms with Gasteiger partial charge in [0, 0.05) is 28.8 Å². The summed E-state index contributed by atoms with van der Waals surface area (Å²) in [5, 5.41) is 9.92. The zero-order chi connectivity index (χ0) is 11.0. The van der Waals surface area contributed by atoms with Gasteiger partial charge in [0.25, 0.3) is 0 Å². The average molecular weight is 206 g/mol. The Balaban J connectivity index is 2.91. The predicted octanol–water partition coefficient (Wildman–Crippen LogP) is 2.22. The van der Waals surface area contributed by atoms with E-state index in [2.05, 4.69) is 4.98 Å². The maximum Gasteiger partial charge on any atom is 0.145 e. The van der Waals surface area contributed by atoms with E-state index in [1.807, 2.05) is 6.92 Å². The Labute approximate surface area is 86.4 Å². The van der Waals surface area contributed by atoms with Crippen LogP contribution in [-0.2, 0) is 6.42 Å². The van der Waals surface area contributed by atoms with Crippen molar-refractivity contribution < 1.29 is 9.50 Å². The number of aromatic hydroxyl groups is 1. The normalized spacial score (nSPS) is 10.8. The Morgan fingerprint density at radius 2 is 2.20 bits per heavy atom. The number of hydrogen-bond acceptors (Lipinski definition) is 3. The van der Waals surface area contributed by atoms with E-state index in [1.165, 1.54) is 12.1 Å². The first kappa shape index (κ1) is 9.71. The third kappa shape index (κ3) is 1.48. The van der Waals surface area contributed by atoms with Crippen LogP contribution in [0.4, 0.5) is 10.1 Å². The summed E-state index contributed by atoms with van der Waals surface area (Å²) in [7, 11) is 0. The van der Waals surface area contributed by atoms with Crippen LogP contribution >= 0.6 is 0 Å². The summed E-state index contributed by atoms with van der Waals surface area (Å²) >= 11 is 0. The van der Waals surface area contributed by atoms with Gasteiger partial charge in [-0.3, -0.25) is 4.98 Å². The number of nitrogen functional groups attached to an aromatic ring is 1. The van der Waals surface area contributed by atoms with Crippen molar-refractivity contribution in [2.45, 2.75) is 13.3 Å². The Morgan fingerprint density at radius 1 is 1.47 bits per heavy atom. The lowest BCUT2D eigenvalue weighted by molar-refractivity contribution is 0.476. The van der Waals surface area contributed by atoms with E-state index in [0.717, 1.165) is 6.20 Å². The first-order valence-corrected chi connectivity index (χ1v) is 4.69. The highest BCUT2D eigenvalue weighted by atomic mass is 19.1. The number of fused-ring (bicyclic) bond motifs is 1. The van der Waals surface area contributed by atoms with Gasteiger partial charge in [-0.1, -0.05) is 6.92 Å². The van der Waals surface area contributed by atoms with Crippen LogP contribution in [-0.4, -0.2) is 10.1 Å². The second-order valence-electron chi connectivity index (χ2n) is 3.37. The number of rotatable bonds is 1. The van der Waals surface area contributed by atoms with Gasteiger partial charge in [-0.05, 0) is 6.42 Å². The third-order valence-electron chi connectivity index (χ3n) is 2.39. The van der Waals surface area contributed by atoms with Gasteiger partial charge >= 0.3 is 0 Å². The van der Waals surface area contributed by atoms with Gasteiger partial charge < -0.3 is 10.8 Å². The van der Waals surface area contributed by atoms with E-state index in [1.54, 1.807) is 0 Å². The lowest BCUT2D eigenvalue weighted by atomic mass is 10.0. The highest BCUT2D eigenvalue weighted by Gasteiger charge is 2.10. The van der Waals surface area contributed by atoms with Gasteiger partial charge in [0.05, 0.1) is 11.7 Å². The molecule has 0 aliphatic rings. The van der Waals surface area contributed by atoms with Gasteiger partial charge in [0.2, 0.25) is 0 Å². The van der Waals surface area contributed by atoms with Crippen LogP contribution in [0.3, 0.4) is 0 Å². The predicted molar refractivity (Wildman–Crippen MR) is 57.2 cm³/mol. The molecule has 3 nitrogen and oxygen atoms in total. The van der Waals surface area contributed by atoms with Crippen molar-refractivity contribution in [3.05, 3.63) is 29.7 Å². The van der Waals surface area contributed by atoms with E-state index in [-0.39, 0.29) is 11.6 Å². The SMILES string of the molecule is CCc1c(F)cnc2cc(O)cc(N)c12. The molecule has 0 amide bonds. The molecule has 0 saturated heterocycles. The molecule has 15 heavy (non-hydrogen) atoms. The quantitative estimate of drug-likeness (QED) is 0.703. The van der Waals surface area contributed by atoms with Crippen LogP contribution in [0, 0.1) is 5.82 Å². The average Bonchev–Trinajstić information content (AvgIpc) is 2.18. The van der Waals surface area contributed by atoms with E-state index in [9.17, 15) is 9.50 Å². The molecule has 3 N–H and O–H groups in total. The Bertz CT molecular complexity index is 525. The fourth-order valence-corrected chi connectivity index (χ4v) is 1.73. The summed E-state index contributed by atoms with van der Waals surface area (Å²) in [6.07, 6.45) is 1.69. The van der Waals surface area contributed by atoms with Crippen LogP contribution in [0.1, 0.15) is 12.5 Å². The number of halogens is 1. The summed E-state index contributed by atoms with van der Waals surface area (Å²) < 4.78 is 13.4. The first-order chi connectivity index (χ1) is 7.13. The maximum atomic E-state index is 13.4. The molecular formula is C11H11FN2O. The molecule has 0 bridgehead atoms. The monoisotopic (exact) mass is 206 g/mol.